The molecular formula is C23H23FN4O3. The van der Waals surface area contributed by atoms with Gasteiger partial charge in [0, 0.05) is 31.4 Å². The van der Waals surface area contributed by atoms with E-state index in [0.29, 0.717) is 24.8 Å². The van der Waals surface area contributed by atoms with E-state index >= 15 is 0 Å². The molecule has 0 N–H and O–H groups in total. The van der Waals surface area contributed by atoms with Crippen molar-refractivity contribution in [3.8, 4) is 17.0 Å². The summed E-state index contributed by atoms with van der Waals surface area (Å²) >= 11 is 0. The minimum atomic E-state index is -0.505. The molecule has 1 unspecified atom stereocenters. The summed E-state index contributed by atoms with van der Waals surface area (Å²) in [5.74, 6) is 0.851. The lowest BCUT2D eigenvalue weighted by Crippen LogP contribution is -2.51. The monoisotopic (exact) mass is 422 g/mol. The first-order chi connectivity index (χ1) is 15.1. The van der Waals surface area contributed by atoms with E-state index in [1.807, 2.05) is 6.07 Å². The van der Waals surface area contributed by atoms with Gasteiger partial charge >= 0.3 is 0 Å². The Hall–Kier alpha value is -3.26. The molecule has 2 atom stereocenters. The van der Waals surface area contributed by atoms with Crippen LogP contribution in [0.1, 0.15) is 23.7 Å². The number of pyridine rings is 1. The van der Waals surface area contributed by atoms with Gasteiger partial charge in [-0.25, -0.2) is 9.37 Å². The van der Waals surface area contributed by atoms with Crippen LogP contribution < -0.4 is 15.2 Å². The van der Waals surface area contributed by atoms with Crippen molar-refractivity contribution in [3.05, 3.63) is 70.0 Å². The topological polar surface area (TPSA) is 69.5 Å². The Morgan fingerprint density at radius 3 is 2.94 bits per heavy atom. The van der Waals surface area contributed by atoms with Crippen LogP contribution in [0, 0.1) is 5.82 Å². The summed E-state index contributed by atoms with van der Waals surface area (Å²) in [4.78, 5) is 23.4. The summed E-state index contributed by atoms with van der Waals surface area (Å²) in [6.07, 6.45) is 4.23. The van der Waals surface area contributed by atoms with E-state index in [2.05, 4.69) is 22.0 Å². The maximum absolute atomic E-state index is 14.3. The molecule has 160 valence electrons. The lowest BCUT2D eigenvalue weighted by atomic mass is 9.84. The SMILES string of the molecule is COc1ccc2c(c1)CC[C@@H]1C2OCCN1c1nc(-c2ccncc2F)cc(=O)n1C. The first-order valence-corrected chi connectivity index (χ1v) is 10.3. The molecule has 5 rings (SSSR count). The molecule has 2 aromatic heterocycles. The number of aryl methyl sites for hydroxylation is 1. The van der Waals surface area contributed by atoms with Gasteiger partial charge in [0.1, 0.15) is 11.9 Å². The second kappa shape index (κ2) is 7.77. The zero-order chi connectivity index (χ0) is 21.5. The Bertz CT molecular complexity index is 1200. The number of morpholine rings is 1. The minimum Gasteiger partial charge on any atom is -0.497 e. The lowest BCUT2D eigenvalue weighted by Gasteiger charge is -2.45. The van der Waals surface area contributed by atoms with Gasteiger partial charge in [0.25, 0.3) is 5.56 Å². The van der Waals surface area contributed by atoms with Crippen LogP contribution in [-0.4, -0.2) is 40.8 Å². The molecule has 3 heterocycles. The highest BCUT2D eigenvalue weighted by Gasteiger charge is 2.39. The van der Waals surface area contributed by atoms with Crippen LogP contribution >= 0.6 is 0 Å². The van der Waals surface area contributed by atoms with Gasteiger partial charge in [0.05, 0.1) is 31.6 Å². The molecule has 1 aromatic carbocycles. The van der Waals surface area contributed by atoms with Gasteiger partial charge in [-0.2, -0.15) is 0 Å². The fourth-order valence-corrected chi connectivity index (χ4v) is 4.58. The Kier molecular flexibility index (Phi) is 4.94. The van der Waals surface area contributed by atoms with E-state index in [4.69, 9.17) is 14.5 Å². The van der Waals surface area contributed by atoms with Gasteiger partial charge in [-0.15, -0.1) is 0 Å². The Morgan fingerprint density at radius 2 is 2.13 bits per heavy atom. The van der Waals surface area contributed by atoms with E-state index < -0.39 is 5.82 Å². The van der Waals surface area contributed by atoms with Gasteiger partial charge in [-0.05, 0) is 42.2 Å². The predicted molar refractivity (Wildman–Crippen MR) is 114 cm³/mol. The molecule has 31 heavy (non-hydrogen) atoms. The van der Waals surface area contributed by atoms with Crippen LogP contribution in [0.5, 0.6) is 5.75 Å². The largest absolute Gasteiger partial charge is 0.497 e. The van der Waals surface area contributed by atoms with Crippen LogP contribution in [0.15, 0.2) is 47.5 Å². The number of anilines is 1. The standard InChI is InChI=1S/C23H23FN4O3/c1-27-21(29)12-19(17-7-8-25-13-18(17)24)26-23(27)28-9-10-31-22-16-5-4-15(30-2)11-14(16)3-6-20(22)28/h4-5,7-8,11-13,20,22H,3,6,9-10H2,1-2H3/t20-,22?/m1/s1. The Balaban J connectivity index is 1.56. The van der Waals surface area contributed by atoms with Crippen molar-refractivity contribution in [2.75, 3.05) is 25.2 Å². The first kappa shape index (κ1) is 19.7. The van der Waals surface area contributed by atoms with Crippen LogP contribution in [0.4, 0.5) is 10.3 Å². The third-order valence-corrected chi connectivity index (χ3v) is 6.16. The summed E-state index contributed by atoms with van der Waals surface area (Å²) in [5, 5.41) is 0. The maximum atomic E-state index is 14.3. The number of hydrogen-bond donors (Lipinski definition) is 0. The second-order valence-corrected chi connectivity index (χ2v) is 7.85. The number of benzene rings is 1. The first-order valence-electron chi connectivity index (χ1n) is 10.3. The van der Waals surface area contributed by atoms with Crippen molar-refractivity contribution in [2.24, 2.45) is 7.05 Å². The highest BCUT2D eigenvalue weighted by molar-refractivity contribution is 5.60. The molecule has 1 aliphatic carbocycles. The lowest BCUT2D eigenvalue weighted by molar-refractivity contribution is 0.00172. The number of methoxy groups -OCH3 is 1. The summed E-state index contributed by atoms with van der Waals surface area (Å²) in [6, 6.07) is 9.00. The van der Waals surface area contributed by atoms with Gasteiger partial charge in [0.15, 0.2) is 5.82 Å². The highest BCUT2D eigenvalue weighted by Crippen LogP contribution is 2.40. The Labute approximate surface area is 179 Å². The van der Waals surface area contributed by atoms with E-state index in [9.17, 15) is 9.18 Å². The molecule has 7 nitrogen and oxygen atoms in total. The third kappa shape index (κ3) is 3.37. The van der Waals surface area contributed by atoms with Crippen molar-refractivity contribution in [1.29, 1.82) is 0 Å². The number of hydrogen-bond acceptors (Lipinski definition) is 6. The molecule has 1 fully saturated rings. The molecule has 0 amide bonds. The molecule has 1 aliphatic heterocycles. The molecule has 2 aliphatic rings. The number of nitrogens with zero attached hydrogens (tertiary/aromatic N) is 4. The third-order valence-electron chi connectivity index (χ3n) is 6.16. The fourth-order valence-electron chi connectivity index (χ4n) is 4.58. The van der Waals surface area contributed by atoms with Gasteiger partial charge < -0.3 is 14.4 Å². The summed E-state index contributed by atoms with van der Waals surface area (Å²) in [7, 11) is 3.36. The molecular weight excluding hydrogens is 399 g/mol. The molecule has 8 heteroatoms. The van der Waals surface area contributed by atoms with Gasteiger partial charge in [-0.3, -0.25) is 14.3 Å². The normalized spacial score (nSPS) is 20.2. The number of ether oxygens (including phenoxy) is 2. The van der Waals surface area contributed by atoms with Crippen LogP contribution in [0.25, 0.3) is 11.3 Å². The zero-order valence-electron chi connectivity index (χ0n) is 17.4. The van der Waals surface area contributed by atoms with Crippen LogP contribution in [-0.2, 0) is 18.2 Å². The fraction of sp³-hybridized carbons (Fsp3) is 0.348. The molecule has 3 aromatic rings. The van der Waals surface area contributed by atoms with Crippen molar-refractivity contribution >= 4 is 5.95 Å². The molecule has 0 saturated carbocycles. The number of aromatic nitrogens is 3. The average molecular weight is 422 g/mol. The summed E-state index contributed by atoms with van der Waals surface area (Å²) in [5.41, 5.74) is 2.70. The zero-order valence-corrected chi connectivity index (χ0v) is 17.4. The summed E-state index contributed by atoms with van der Waals surface area (Å²) < 4.78 is 27.4. The van der Waals surface area contributed by atoms with E-state index in [1.165, 1.54) is 28.5 Å². The van der Waals surface area contributed by atoms with Gasteiger partial charge in [-0.1, -0.05) is 6.07 Å². The van der Waals surface area contributed by atoms with Crippen molar-refractivity contribution in [2.45, 2.75) is 25.0 Å². The van der Waals surface area contributed by atoms with Crippen molar-refractivity contribution < 1.29 is 13.9 Å². The van der Waals surface area contributed by atoms with Gasteiger partial charge in [0.2, 0.25) is 5.95 Å². The number of rotatable bonds is 3. The van der Waals surface area contributed by atoms with Crippen LogP contribution in [0.3, 0.4) is 0 Å². The van der Waals surface area contributed by atoms with Crippen molar-refractivity contribution in [1.82, 2.24) is 14.5 Å². The second-order valence-electron chi connectivity index (χ2n) is 7.85. The van der Waals surface area contributed by atoms with Crippen molar-refractivity contribution in [3.63, 3.8) is 0 Å². The average Bonchev–Trinajstić information content (AvgIpc) is 2.80. The number of halogens is 1. The molecule has 1 saturated heterocycles. The molecule has 0 bridgehead atoms. The van der Waals surface area contributed by atoms with E-state index in [1.54, 1.807) is 14.2 Å². The van der Waals surface area contributed by atoms with E-state index in [-0.39, 0.29) is 23.3 Å². The minimum absolute atomic E-state index is 0.0327. The molecule has 0 radical (unpaired) electrons. The highest BCUT2D eigenvalue weighted by atomic mass is 19.1. The predicted octanol–water partition coefficient (Wildman–Crippen LogP) is 2.88. The Morgan fingerprint density at radius 1 is 1.26 bits per heavy atom. The quantitative estimate of drug-likeness (QED) is 0.647. The van der Waals surface area contributed by atoms with E-state index in [0.717, 1.165) is 30.4 Å². The smallest absolute Gasteiger partial charge is 0.255 e. The maximum Gasteiger partial charge on any atom is 0.255 e. The number of fused-ring (bicyclic) bond motifs is 3. The summed E-state index contributed by atoms with van der Waals surface area (Å²) in [6.45, 7) is 1.12. The molecule has 0 spiro atoms. The van der Waals surface area contributed by atoms with Crippen LogP contribution in [0.2, 0.25) is 0 Å².